The zero-order valence-electron chi connectivity index (χ0n) is 17.0. The van der Waals surface area contributed by atoms with Crippen molar-refractivity contribution in [1.82, 2.24) is 24.7 Å². The summed E-state index contributed by atoms with van der Waals surface area (Å²) in [6.45, 7) is 8.72. The van der Waals surface area contributed by atoms with E-state index in [2.05, 4.69) is 25.5 Å². The number of aryl methyl sites for hydroxylation is 3. The molecule has 1 aromatic carbocycles. The number of anilines is 1. The molecular weight excluding hydrogens is 404 g/mol. The monoisotopic (exact) mass is 428 g/mol. The third-order valence-electron chi connectivity index (χ3n) is 4.07. The highest BCUT2D eigenvalue weighted by Gasteiger charge is 2.14. The van der Waals surface area contributed by atoms with E-state index >= 15 is 0 Å². The number of nitrogens with one attached hydrogen (secondary N) is 1. The number of benzene rings is 1. The molecule has 0 bridgehead atoms. The standard InChI is InChI=1S/C20H24N6OS2/c1-5-26-17(11-28-19-21-14(3)10-15(4)22-19)24-25-20(26)29-12-18(27)23-16-8-6-13(2)7-9-16/h6-10H,5,11-12H2,1-4H3,(H,23,27). The minimum Gasteiger partial charge on any atom is -0.325 e. The van der Waals surface area contributed by atoms with Crippen LogP contribution in [0.5, 0.6) is 0 Å². The second-order valence-corrected chi connectivity index (χ2v) is 8.45. The lowest BCUT2D eigenvalue weighted by Gasteiger charge is -2.08. The summed E-state index contributed by atoms with van der Waals surface area (Å²) in [6.07, 6.45) is 0. The fraction of sp³-hybridized carbons (Fsp3) is 0.350. The molecule has 1 amide bonds. The fourth-order valence-electron chi connectivity index (χ4n) is 2.70. The molecule has 0 aliphatic rings. The quantitative estimate of drug-likeness (QED) is 0.428. The van der Waals surface area contributed by atoms with Crippen molar-refractivity contribution in [2.45, 2.75) is 50.3 Å². The minimum atomic E-state index is -0.0657. The van der Waals surface area contributed by atoms with Gasteiger partial charge in [0.15, 0.2) is 10.3 Å². The van der Waals surface area contributed by atoms with Crippen molar-refractivity contribution in [1.29, 1.82) is 0 Å². The van der Waals surface area contributed by atoms with E-state index < -0.39 is 0 Å². The summed E-state index contributed by atoms with van der Waals surface area (Å²) in [5.74, 6) is 1.69. The van der Waals surface area contributed by atoms with Crippen molar-refractivity contribution < 1.29 is 4.79 Å². The number of hydrogen-bond donors (Lipinski definition) is 1. The fourth-order valence-corrected chi connectivity index (χ4v) is 4.41. The summed E-state index contributed by atoms with van der Waals surface area (Å²) in [5, 5.41) is 12.9. The molecule has 0 aliphatic carbocycles. The van der Waals surface area contributed by atoms with E-state index in [1.165, 1.54) is 23.5 Å². The molecule has 0 radical (unpaired) electrons. The molecule has 0 fully saturated rings. The highest BCUT2D eigenvalue weighted by Crippen LogP contribution is 2.23. The van der Waals surface area contributed by atoms with Gasteiger partial charge in [0, 0.05) is 23.6 Å². The van der Waals surface area contributed by atoms with Crippen LogP contribution in [0.2, 0.25) is 0 Å². The van der Waals surface area contributed by atoms with Crippen LogP contribution in [0, 0.1) is 20.8 Å². The average Bonchev–Trinajstić information content (AvgIpc) is 3.07. The van der Waals surface area contributed by atoms with Gasteiger partial charge in [-0.25, -0.2) is 9.97 Å². The molecule has 0 spiro atoms. The first-order chi connectivity index (χ1) is 13.9. The first-order valence-corrected chi connectivity index (χ1v) is 11.3. The molecular formula is C20H24N6OS2. The molecule has 152 valence electrons. The van der Waals surface area contributed by atoms with Gasteiger partial charge in [0.05, 0.1) is 11.5 Å². The van der Waals surface area contributed by atoms with Crippen LogP contribution in [0.1, 0.15) is 29.7 Å². The van der Waals surface area contributed by atoms with E-state index in [0.717, 1.165) is 45.3 Å². The number of rotatable bonds is 8. The van der Waals surface area contributed by atoms with E-state index in [4.69, 9.17) is 0 Å². The summed E-state index contributed by atoms with van der Waals surface area (Å²) in [7, 11) is 0. The van der Waals surface area contributed by atoms with Gasteiger partial charge in [0.25, 0.3) is 0 Å². The van der Waals surface area contributed by atoms with E-state index in [-0.39, 0.29) is 11.7 Å². The first-order valence-electron chi connectivity index (χ1n) is 9.31. The number of amides is 1. The van der Waals surface area contributed by atoms with Gasteiger partial charge < -0.3 is 9.88 Å². The molecule has 1 N–H and O–H groups in total. The number of thioether (sulfide) groups is 2. The van der Waals surface area contributed by atoms with Crippen molar-refractivity contribution >= 4 is 35.1 Å². The largest absolute Gasteiger partial charge is 0.325 e. The first kappa shape index (κ1) is 21.3. The van der Waals surface area contributed by atoms with Crippen LogP contribution in [-0.4, -0.2) is 36.4 Å². The Morgan fingerprint density at radius 2 is 1.72 bits per heavy atom. The number of nitrogens with zero attached hydrogens (tertiary/aromatic N) is 5. The molecule has 0 atom stereocenters. The van der Waals surface area contributed by atoms with E-state index in [0.29, 0.717) is 5.75 Å². The van der Waals surface area contributed by atoms with Crippen LogP contribution in [0.4, 0.5) is 5.69 Å². The van der Waals surface area contributed by atoms with Crippen molar-refractivity contribution in [3.05, 3.63) is 53.1 Å². The van der Waals surface area contributed by atoms with Crippen LogP contribution in [-0.2, 0) is 17.1 Å². The van der Waals surface area contributed by atoms with Crippen LogP contribution >= 0.6 is 23.5 Å². The zero-order valence-corrected chi connectivity index (χ0v) is 18.6. The Balaban J connectivity index is 1.58. The van der Waals surface area contributed by atoms with Gasteiger partial charge in [-0.3, -0.25) is 4.79 Å². The second-order valence-electron chi connectivity index (χ2n) is 6.57. The third kappa shape index (κ3) is 6.04. The predicted octanol–water partition coefficient (Wildman–Crippen LogP) is 4.04. The van der Waals surface area contributed by atoms with Gasteiger partial charge in [-0.2, -0.15) is 0 Å². The lowest BCUT2D eigenvalue weighted by atomic mass is 10.2. The lowest BCUT2D eigenvalue weighted by Crippen LogP contribution is -2.14. The Morgan fingerprint density at radius 3 is 2.38 bits per heavy atom. The molecule has 0 saturated carbocycles. The molecule has 0 saturated heterocycles. The molecule has 0 aliphatic heterocycles. The molecule has 9 heteroatoms. The van der Waals surface area contributed by atoms with Gasteiger partial charge in [-0.1, -0.05) is 41.2 Å². The number of hydrogen-bond acceptors (Lipinski definition) is 7. The third-order valence-corrected chi connectivity index (χ3v) is 5.88. The summed E-state index contributed by atoms with van der Waals surface area (Å²) in [5.41, 5.74) is 3.86. The summed E-state index contributed by atoms with van der Waals surface area (Å²) in [4.78, 5) is 21.1. The van der Waals surface area contributed by atoms with Crippen LogP contribution in [0.25, 0.3) is 0 Å². The summed E-state index contributed by atoms with van der Waals surface area (Å²) in [6, 6.07) is 9.70. The molecule has 3 aromatic rings. The van der Waals surface area contributed by atoms with E-state index in [9.17, 15) is 4.79 Å². The molecule has 2 heterocycles. The van der Waals surface area contributed by atoms with Gasteiger partial charge in [-0.05, 0) is 45.9 Å². The SMILES string of the molecule is CCn1c(CSc2nc(C)cc(C)n2)nnc1SCC(=O)Nc1ccc(C)cc1. The molecule has 7 nitrogen and oxygen atoms in total. The normalized spacial score (nSPS) is 10.9. The Hall–Kier alpha value is -2.39. The maximum Gasteiger partial charge on any atom is 0.234 e. The van der Waals surface area contributed by atoms with E-state index in [1.807, 2.05) is 62.6 Å². The lowest BCUT2D eigenvalue weighted by molar-refractivity contribution is -0.113. The smallest absolute Gasteiger partial charge is 0.234 e. The summed E-state index contributed by atoms with van der Waals surface area (Å²) >= 11 is 2.92. The number of aromatic nitrogens is 5. The van der Waals surface area contributed by atoms with Gasteiger partial charge >= 0.3 is 0 Å². The van der Waals surface area contributed by atoms with Crippen molar-refractivity contribution in [3.8, 4) is 0 Å². The highest BCUT2D eigenvalue weighted by atomic mass is 32.2. The maximum atomic E-state index is 12.2. The van der Waals surface area contributed by atoms with Crippen LogP contribution in [0.15, 0.2) is 40.6 Å². The van der Waals surface area contributed by atoms with Gasteiger partial charge in [-0.15, -0.1) is 10.2 Å². The number of carbonyl (C=O) groups excluding carboxylic acids is 1. The van der Waals surface area contributed by atoms with Gasteiger partial charge in [0.1, 0.15) is 5.82 Å². The second kappa shape index (κ2) is 9.89. The Labute approximate surface area is 179 Å². The van der Waals surface area contributed by atoms with E-state index in [1.54, 1.807) is 0 Å². The Kier molecular flexibility index (Phi) is 7.27. The maximum absolute atomic E-state index is 12.2. The average molecular weight is 429 g/mol. The minimum absolute atomic E-state index is 0.0657. The Morgan fingerprint density at radius 1 is 1.03 bits per heavy atom. The molecule has 3 rings (SSSR count). The van der Waals surface area contributed by atoms with Gasteiger partial charge in [0.2, 0.25) is 5.91 Å². The molecule has 2 aromatic heterocycles. The predicted molar refractivity (Wildman–Crippen MR) is 117 cm³/mol. The van der Waals surface area contributed by atoms with Crippen LogP contribution in [0.3, 0.4) is 0 Å². The van der Waals surface area contributed by atoms with Crippen molar-refractivity contribution in [2.75, 3.05) is 11.1 Å². The highest BCUT2D eigenvalue weighted by molar-refractivity contribution is 7.99. The number of carbonyl (C=O) groups is 1. The van der Waals surface area contributed by atoms with Crippen molar-refractivity contribution in [2.24, 2.45) is 0 Å². The molecule has 0 unspecified atom stereocenters. The summed E-state index contributed by atoms with van der Waals surface area (Å²) < 4.78 is 2.03. The van der Waals surface area contributed by atoms with Crippen LogP contribution < -0.4 is 5.32 Å². The topological polar surface area (TPSA) is 85.6 Å². The van der Waals surface area contributed by atoms with Crippen molar-refractivity contribution in [3.63, 3.8) is 0 Å². The zero-order chi connectivity index (χ0) is 20.8. The Bertz CT molecular complexity index is 967. The molecule has 29 heavy (non-hydrogen) atoms.